The Hall–Kier alpha value is 0.0500. The number of hydrogen-bond donors (Lipinski definition) is 0. The highest BCUT2D eigenvalue weighted by atomic mass is 35.5. The van der Waals surface area contributed by atoms with Gasteiger partial charge in [0.05, 0.1) is 13.5 Å². The monoisotopic (exact) mass is 282 g/mol. The lowest BCUT2D eigenvalue weighted by atomic mass is 10.1. The van der Waals surface area contributed by atoms with Crippen LogP contribution < -0.4 is 0 Å². The Morgan fingerprint density at radius 1 is 1.12 bits per heavy atom. The highest BCUT2D eigenvalue weighted by molar-refractivity contribution is 6.24. The number of unbranched alkanes of at least 4 members (excludes halogenated alkanes) is 4. The molecule has 0 aromatic carbocycles. The molecule has 0 saturated heterocycles. The van der Waals surface area contributed by atoms with E-state index in [-0.39, 0.29) is 23.1 Å². The highest BCUT2D eigenvalue weighted by Gasteiger charge is 2.15. The van der Waals surface area contributed by atoms with Crippen LogP contribution in [-0.4, -0.2) is 23.8 Å². The average molecular weight is 283 g/mol. The molecule has 0 rings (SSSR count). The van der Waals surface area contributed by atoms with Gasteiger partial charge in [-0.1, -0.05) is 39.0 Å². The Kier molecular flexibility index (Phi) is 11.2. The summed E-state index contributed by atoms with van der Waals surface area (Å²) in [5.41, 5.74) is 0. The Morgan fingerprint density at radius 2 is 1.76 bits per heavy atom. The van der Waals surface area contributed by atoms with Crippen LogP contribution in [-0.2, 0) is 9.53 Å². The lowest BCUT2D eigenvalue weighted by molar-refractivity contribution is -0.140. The van der Waals surface area contributed by atoms with Gasteiger partial charge in [0.2, 0.25) is 0 Å². The van der Waals surface area contributed by atoms with Gasteiger partial charge < -0.3 is 4.74 Å². The summed E-state index contributed by atoms with van der Waals surface area (Å²) in [5, 5.41) is -0.135. The molecule has 0 radical (unpaired) electrons. The van der Waals surface area contributed by atoms with E-state index < -0.39 is 0 Å². The fourth-order valence-corrected chi connectivity index (χ4v) is 2.51. The first-order chi connectivity index (χ1) is 8.10. The van der Waals surface area contributed by atoms with Crippen molar-refractivity contribution in [3.8, 4) is 0 Å². The Labute approximate surface area is 115 Å². The van der Waals surface area contributed by atoms with Crippen LogP contribution in [0.2, 0.25) is 0 Å². The molecule has 0 fully saturated rings. The molecule has 4 heteroatoms. The van der Waals surface area contributed by atoms with Crippen LogP contribution in [0, 0.1) is 0 Å². The molecule has 0 aromatic rings. The molecular weight excluding hydrogens is 259 g/mol. The van der Waals surface area contributed by atoms with E-state index in [0.29, 0.717) is 6.42 Å². The Balaban J connectivity index is 3.50. The zero-order valence-electron chi connectivity index (χ0n) is 10.9. The summed E-state index contributed by atoms with van der Waals surface area (Å²) in [4.78, 5) is 11.0. The van der Waals surface area contributed by atoms with Crippen LogP contribution in [0.3, 0.4) is 0 Å². The van der Waals surface area contributed by atoms with Crippen molar-refractivity contribution < 1.29 is 9.53 Å². The summed E-state index contributed by atoms with van der Waals surface area (Å²) in [6.07, 6.45) is 8.13. The van der Waals surface area contributed by atoms with Crippen molar-refractivity contribution in [2.75, 3.05) is 7.11 Å². The van der Waals surface area contributed by atoms with Crippen molar-refractivity contribution in [1.82, 2.24) is 0 Å². The van der Waals surface area contributed by atoms with E-state index in [1.807, 2.05) is 0 Å². The van der Waals surface area contributed by atoms with Crippen LogP contribution in [0.15, 0.2) is 0 Å². The van der Waals surface area contributed by atoms with E-state index in [1.54, 1.807) is 0 Å². The van der Waals surface area contributed by atoms with E-state index in [1.165, 1.54) is 32.8 Å². The molecule has 0 saturated carbocycles. The molecule has 0 aliphatic rings. The van der Waals surface area contributed by atoms with Crippen molar-refractivity contribution in [2.45, 2.75) is 69.0 Å². The van der Waals surface area contributed by atoms with E-state index in [9.17, 15) is 4.79 Å². The second kappa shape index (κ2) is 11.2. The van der Waals surface area contributed by atoms with Gasteiger partial charge in [-0.3, -0.25) is 4.79 Å². The first kappa shape index (κ1) is 17.1. The second-order valence-electron chi connectivity index (χ2n) is 4.41. The smallest absolute Gasteiger partial charge is 0.307 e. The average Bonchev–Trinajstić information content (AvgIpc) is 2.28. The largest absolute Gasteiger partial charge is 0.469 e. The second-order valence-corrected chi connectivity index (χ2v) is 5.65. The summed E-state index contributed by atoms with van der Waals surface area (Å²) in [6.45, 7) is 2.20. The maximum atomic E-state index is 11.0. The lowest BCUT2D eigenvalue weighted by Crippen LogP contribution is -2.14. The number of rotatable bonds is 10. The number of methoxy groups -OCH3 is 1. The van der Waals surface area contributed by atoms with Gasteiger partial charge in [-0.25, -0.2) is 0 Å². The number of alkyl halides is 2. The number of hydrogen-bond acceptors (Lipinski definition) is 2. The normalized spacial score (nSPS) is 14.4. The lowest BCUT2D eigenvalue weighted by Gasteiger charge is -2.13. The van der Waals surface area contributed by atoms with Crippen molar-refractivity contribution in [3.63, 3.8) is 0 Å². The minimum Gasteiger partial charge on any atom is -0.469 e. The van der Waals surface area contributed by atoms with Crippen molar-refractivity contribution in [1.29, 1.82) is 0 Å². The quantitative estimate of drug-likeness (QED) is 0.335. The topological polar surface area (TPSA) is 26.3 Å². The SMILES string of the molecule is CCCCCCCC(Cl)CC(Cl)CC(=O)OC. The number of halogens is 2. The van der Waals surface area contributed by atoms with Crippen molar-refractivity contribution in [2.24, 2.45) is 0 Å². The van der Waals surface area contributed by atoms with Gasteiger partial charge in [0.25, 0.3) is 0 Å². The molecule has 0 bridgehead atoms. The van der Waals surface area contributed by atoms with Gasteiger partial charge in [-0.15, -0.1) is 23.2 Å². The van der Waals surface area contributed by atoms with Crippen LogP contribution in [0.5, 0.6) is 0 Å². The molecule has 2 atom stereocenters. The van der Waals surface area contributed by atoms with Crippen molar-refractivity contribution in [3.05, 3.63) is 0 Å². The molecule has 0 amide bonds. The highest BCUT2D eigenvalue weighted by Crippen LogP contribution is 2.20. The summed E-state index contributed by atoms with van der Waals surface area (Å²) >= 11 is 12.2. The molecule has 0 aliphatic carbocycles. The predicted octanol–water partition coefficient (Wildman–Crippen LogP) is 4.51. The van der Waals surface area contributed by atoms with Gasteiger partial charge in [0.15, 0.2) is 0 Å². The maximum absolute atomic E-state index is 11.0. The maximum Gasteiger partial charge on any atom is 0.307 e. The van der Waals surface area contributed by atoms with Crippen LogP contribution in [0.1, 0.15) is 58.3 Å². The summed E-state index contributed by atoms with van der Waals surface area (Å²) < 4.78 is 4.56. The molecule has 0 spiro atoms. The fourth-order valence-electron chi connectivity index (χ4n) is 1.71. The summed E-state index contributed by atoms with van der Waals surface area (Å²) in [5.74, 6) is -0.267. The summed E-state index contributed by atoms with van der Waals surface area (Å²) in [7, 11) is 1.37. The molecule has 0 heterocycles. The summed E-state index contributed by atoms with van der Waals surface area (Å²) in [6, 6.07) is 0. The first-order valence-corrected chi connectivity index (χ1v) is 7.32. The minimum absolute atomic E-state index is 0.0729. The zero-order valence-corrected chi connectivity index (χ0v) is 12.4. The molecule has 2 unspecified atom stereocenters. The molecule has 17 heavy (non-hydrogen) atoms. The fraction of sp³-hybridized carbons (Fsp3) is 0.923. The number of carbonyl (C=O) groups is 1. The van der Waals surface area contributed by atoms with Gasteiger partial charge >= 0.3 is 5.97 Å². The van der Waals surface area contributed by atoms with E-state index >= 15 is 0 Å². The first-order valence-electron chi connectivity index (χ1n) is 6.45. The number of esters is 1. The molecular formula is C13H24Cl2O2. The minimum atomic E-state index is -0.267. The third-order valence-corrected chi connectivity index (χ3v) is 3.48. The van der Waals surface area contributed by atoms with Gasteiger partial charge in [-0.2, -0.15) is 0 Å². The zero-order chi connectivity index (χ0) is 13.1. The molecule has 0 aliphatic heterocycles. The Bertz CT molecular complexity index is 198. The molecule has 2 nitrogen and oxygen atoms in total. The van der Waals surface area contributed by atoms with E-state index in [4.69, 9.17) is 23.2 Å². The van der Waals surface area contributed by atoms with Crippen molar-refractivity contribution >= 4 is 29.2 Å². The third kappa shape index (κ3) is 10.9. The number of carbonyl (C=O) groups excluding carboxylic acids is 1. The predicted molar refractivity (Wildman–Crippen MR) is 73.9 cm³/mol. The van der Waals surface area contributed by atoms with Crippen LogP contribution >= 0.6 is 23.2 Å². The Morgan fingerprint density at radius 3 is 2.35 bits per heavy atom. The van der Waals surface area contributed by atoms with Crippen LogP contribution in [0.25, 0.3) is 0 Å². The van der Waals surface area contributed by atoms with E-state index in [0.717, 1.165) is 12.8 Å². The third-order valence-electron chi connectivity index (χ3n) is 2.75. The van der Waals surface area contributed by atoms with Crippen LogP contribution in [0.4, 0.5) is 0 Å². The molecule has 0 N–H and O–H groups in total. The van der Waals surface area contributed by atoms with Gasteiger partial charge in [0.1, 0.15) is 0 Å². The number of ether oxygens (including phenoxy) is 1. The standard InChI is InChI=1S/C13H24Cl2O2/c1-3-4-5-6-7-8-11(14)9-12(15)10-13(16)17-2/h11-12H,3-10H2,1-2H3. The molecule has 0 aromatic heterocycles. The van der Waals surface area contributed by atoms with Gasteiger partial charge in [-0.05, 0) is 12.8 Å². The molecule has 102 valence electrons. The van der Waals surface area contributed by atoms with E-state index in [2.05, 4.69) is 11.7 Å². The van der Waals surface area contributed by atoms with Gasteiger partial charge in [0, 0.05) is 10.8 Å².